The molecule has 0 radical (unpaired) electrons. The number of methoxy groups -OCH3 is 2. The zero-order valence-corrected chi connectivity index (χ0v) is 22.4. The molecule has 1 unspecified atom stereocenters. The molecule has 0 saturated heterocycles. The van der Waals surface area contributed by atoms with Crippen LogP contribution in [0.3, 0.4) is 0 Å². The number of thiophene rings is 1. The van der Waals surface area contributed by atoms with E-state index in [1.807, 2.05) is 35.2 Å². The first-order chi connectivity index (χ1) is 18.2. The summed E-state index contributed by atoms with van der Waals surface area (Å²) in [7, 11) is 3.42. The lowest BCUT2D eigenvalue weighted by Crippen LogP contribution is -2.00. The number of fused-ring (bicyclic) bond motifs is 2. The van der Waals surface area contributed by atoms with Crippen LogP contribution >= 0.6 is 23.1 Å². The van der Waals surface area contributed by atoms with E-state index in [4.69, 9.17) is 9.47 Å². The van der Waals surface area contributed by atoms with E-state index < -0.39 is 0 Å². The quantitative estimate of drug-likeness (QED) is 0.242. The molecule has 3 nitrogen and oxygen atoms in total. The maximum Gasteiger partial charge on any atom is 0.118 e. The van der Waals surface area contributed by atoms with E-state index in [0.29, 0.717) is 0 Å². The van der Waals surface area contributed by atoms with E-state index in [1.165, 1.54) is 42.6 Å². The Bertz CT molecular complexity index is 1510. The summed E-state index contributed by atoms with van der Waals surface area (Å²) in [5.41, 5.74) is 7.48. The van der Waals surface area contributed by atoms with Crippen LogP contribution in [0.15, 0.2) is 108 Å². The molecule has 5 heteroatoms. The topological polar surface area (TPSA) is 30.5 Å². The maximum atomic E-state index is 5.46. The van der Waals surface area contributed by atoms with Gasteiger partial charge in [0.05, 0.1) is 30.8 Å². The number of thioether (sulfide) groups is 1. The van der Waals surface area contributed by atoms with Crippen molar-refractivity contribution in [2.75, 3.05) is 19.5 Å². The average Bonchev–Trinajstić information content (AvgIpc) is 3.20. The molecule has 5 aromatic rings. The molecule has 1 aliphatic heterocycles. The normalized spacial score (nSPS) is 14.2. The molecule has 2 heterocycles. The van der Waals surface area contributed by atoms with Gasteiger partial charge in [-0.15, -0.1) is 23.1 Å². The highest BCUT2D eigenvalue weighted by atomic mass is 32.2. The lowest BCUT2D eigenvalue weighted by atomic mass is 9.98. The van der Waals surface area contributed by atoms with Gasteiger partial charge >= 0.3 is 0 Å². The van der Waals surface area contributed by atoms with Crippen molar-refractivity contribution in [3.8, 4) is 21.9 Å². The highest BCUT2D eigenvalue weighted by molar-refractivity contribution is 8.00. The summed E-state index contributed by atoms with van der Waals surface area (Å²) < 4.78 is 10.8. The molecule has 1 N–H and O–H groups in total. The van der Waals surface area contributed by atoms with Crippen LogP contribution in [0.4, 0.5) is 11.4 Å². The molecule has 0 aliphatic carbocycles. The number of nitrogens with one attached hydrogen (secondary N) is 1. The van der Waals surface area contributed by atoms with Crippen LogP contribution in [0, 0.1) is 0 Å². The van der Waals surface area contributed by atoms with Crippen molar-refractivity contribution in [1.29, 1.82) is 0 Å². The lowest BCUT2D eigenvalue weighted by molar-refractivity contribution is 0.414. The Morgan fingerprint density at radius 1 is 0.730 bits per heavy atom. The summed E-state index contributed by atoms with van der Waals surface area (Å²) in [5.74, 6) is 1.75. The number of para-hydroxylation sites is 1. The van der Waals surface area contributed by atoms with Gasteiger partial charge in [0, 0.05) is 26.6 Å². The van der Waals surface area contributed by atoms with E-state index in [1.54, 1.807) is 14.2 Å². The van der Waals surface area contributed by atoms with E-state index in [-0.39, 0.29) is 5.25 Å². The van der Waals surface area contributed by atoms with Gasteiger partial charge in [-0.2, -0.15) is 0 Å². The predicted molar refractivity (Wildman–Crippen MR) is 156 cm³/mol. The summed E-state index contributed by atoms with van der Waals surface area (Å²) in [5, 5.41) is 4.00. The van der Waals surface area contributed by atoms with Crippen LogP contribution < -0.4 is 14.8 Å². The second-order valence-corrected chi connectivity index (χ2v) is 11.2. The van der Waals surface area contributed by atoms with E-state index in [0.717, 1.165) is 23.6 Å². The molecular weight excluding hydrogens is 494 g/mol. The molecule has 1 atom stereocenters. The first-order valence-corrected chi connectivity index (χ1v) is 13.9. The molecule has 6 rings (SSSR count). The molecular formula is C32H27NO2S2. The fourth-order valence-corrected chi connectivity index (χ4v) is 7.45. The second kappa shape index (κ2) is 10.4. The minimum atomic E-state index is 0.133. The number of rotatable bonds is 6. The first-order valence-electron chi connectivity index (χ1n) is 12.2. The summed E-state index contributed by atoms with van der Waals surface area (Å²) >= 11 is 3.80. The van der Waals surface area contributed by atoms with E-state index in [2.05, 4.69) is 96.3 Å². The lowest BCUT2D eigenvalue weighted by Gasteiger charge is -2.18. The molecule has 1 aliphatic rings. The largest absolute Gasteiger partial charge is 0.497 e. The highest BCUT2D eigenvalue weighted by Crippen LogP contribution is 2.56. The van der Waals surface area contributed by atoms with Crippen molar-refractivity contribution in [3.63, 3.8) is 0 Å². The third kappa shape index (κ3) is 4.73. The minimum absolute atomic E-state index is 0.133. The Hall–Kier alpha value is -3.67. The number of ether oxygens (including phenoxy) is 2. The van der Waals surface area contributed by atoms with Gasteiger partial charge in [-0.1, -0.05) is 66.7 Å². The van der Waals surface area contributed by atoms with Crippen LogP contribution in [0.1, 0.15) is 26.8 Å². The van der Waals surface area contributed by atoms with Gasteiger partial charge in [0.25, 0.3) is 0 Å². The smallest absolute Gasteiger partial charge is 0.118 e. The molecule has 4 aromatic carbocycles. The maximum absolute atomic E-state index is 5.46. The number of anilines is 2. The third-order valence-corrected chi connectivity index (χ3v) is 9.26. The fourth-order valence-electron chi connectivity index (χ4n) is 4.74. The number of benzene rings is 4. The van der Waals surface area contributed by atoms with Crippen molar-refractivity contribution < 1.29 is 9.47 Å². The predicted octanol–water partition coefficient (Wildman–Crippen LogP) is 8.96. The Kier molecular flexibility index (Phi) is 6.64. The van der Waals surface area contributed by atoms with Gasteiger partial charge in [0.15, 0.2) is 0 Å². The second-order valence-electron chi connectivity index (χ2n) is 8.93. The molecule has 1 aromatic heterocycles. The van der Waals surface area contributed by atoms with Crippen molar-refractivity contribution in [2.24, 2.45) is 0 Å². The Morgan fingerprint density at radius 2 is 1.38 bits per heavy atom. The first kappa shape index (κ1) is 23.7. The van der Waals surface area contributed by atoms with Crippen molar-refractivity contribution in [3.05, 3.63) is 125 Å². The SMILES string of the molecule is COc1ccc(Cc2sc(-c3ccccc3)c3c2Nc2ccccc2SC3c2ccc(OC)cc2)cc1. The van der Waals surface area contributed by atoms with Gasteiger partial charge in [-0.3, -0.25) is 0 Å². The van der Waals surface area contributed by atoms with Crippen molar-refractivity contribution >= 4 is 34.5 Å². The summed E-state index contributed by atoms with van der Waals surface area (Å²) in [6.07, 6.45) is 0.846. The van der Waals surface area contributed by atoms with Crippen LogP contribution in [-0.2, 0) is 6.42 Å². The Balaban J connectivity index is 1.55. The minimum Gasteiger partial charge on any atom is -0.497 e. The van der Waals surface area contributed by atoms with Crippen LogP contribution in [0.5, 0.6) is 11.5 Å². The fraction of sp³-hybridized carbons (Fsp3) is 0.125. The Labute approximate surface area is 226 Å². The van der Waals surface area contributed by atoms with Crippen LogP contribution in [0.2, 0.25) is 0 Å². The molecule has 0 saturated carbocycles. The standard InChI is InChI=1S/C32H27NO2S2/c1-34-24-16-12-21(13-17-24)20-28-30-29(31(37-28)22-8-4-3-5-9-22)32(23-14-18-25(35-2)19-15-23)36-27-11-7-6-10-26(27)33-30/h3-19,32-33H,20H2,1-2H3. The molecule has 0 spiro atoms. The van der Waals surface area contributed by atoms with Crippen LogP contribution in [0.25, 0.3) is 10.4 Å². The average molecular weight is 522 g/mol. The van der Waals surface area contributed by atoms with Gasteiger partial charge in [0.1, 0.15) is 11.5 Å². The van der Waals surface area contributed by atoms with E-state index >= 15 is 0 Å². The van der Waals surface area contributed by atoms with Gasteiger partial charge in [-0.25, -0.2) is 0 Å². The van der Waals surface area contributed by atoms with Crippen molar-refractivity contribution in [2.45, 2.75) is 16.6 Å². The monoisotopic (exact) mass is 521 g/mol. The molecule has 37 heavy (non-hydrogen) atoms. The summed E-state index contributed by atoms with van der Waals surface area (Å²) in [6.45, 7) is 0. The van der Waals surface area contributed by atoms with Gasteiger partial charge in [0.2, 0.25) is 0 Å². The highest BCUT2D eigenvalue weighted by Gasteiger charge is 2.31. The molecule has 0 bridgehead atoms. The van der Waals surface area contributed by atoms with E-state index in [9.17, 15) is 0 Å². The molecule has 0 amide bonds. The zero-order chi connectivity index (χ0) is 25.2. The summed E-state index contributed by atoms with van der Waals surface area (Å²) in [4.78, 5) is 3.89. The molecule has 0 fully saturated rings. The van der Waals surface area contributed by atoms with Crippen LogP contribution in [-0.4, -0.2) is 14.2 Å². The third-order valence-electron chi connectivity index (χ3n) is 6.65. The number of hydrogen-bond acceptors (Lipinski definition) is 5. The van der Waals surface area contributed by atoms with Gasteiger partial charge in [-0.05, 0) is 53.1 Å². The zero-order valence-electron chi connectivity index (χ0n) is 20.7. The van der Waals surface area contributed by atoms with Gasteiger partial charge < -0.3 is 14.8 Å². The number of hydrogen-bond donors (Lipinski definition) is 1. The Morgan fingerprint density at radius 3 is 2.08 bits per heavy atom. The molecule has 184 valence electrons. The van der Waals surface area contributed by atoms with Crippen molar-refractivity contribution in [1.82, 2.24) is 0 Å². The summed E-state index contributed by atoms with van der Waals surface area (Å²) in [6, 6.07) is 36.3.